The molecule has 2 rings (SSSR count). The number of nitrogens with one attached hydrogen (secondary N) is 1. The summed E-state index contributed by atoms with van der Waals surface area (Å²) >= 11 is 5.84. The molecule has 2 nitrogen and oxygen atoms in total. The lowest BCUT2D eigenvalue weighted by Gasteiger charge is -2.17. The lowest BCUT2D eigenvalue weighted by Crippen LogP contribution is -2.24. The Bertz CT molecular complexity index is 567. The summed E-state index contributed by atoms with van der Waals surface area (Å²) in [5.74, 6) is 0.574. The molecule has 0 saturated heterocycles. The zero-order valence-corrected chi connectivity index (χ0v) is 12.5. The minimum Gasteiger partial charge on any atom is -0.448 e. The second-order valence-corrected chi connectivity index (χ2v) is 5.30. The number of aryl methyl sites for hydroxylation is 1. The minimum absolute atomic E-state index is 0.00273. The van der Waals surface area contributed by atoms with Crippen molar-refractivity contribution in [2.75, 3.05) is 6.54 Å². The van der Waals surface area contributed by atoms with Crippen LogP contribution in [0.3, 0.4) is 0 Å². The molecule has 0 bridgehead atoms. The molecule has 1 N–H and O–H groups in total. The van der Waals surface area contributed by atoms with E-state index >= 15 is 0 Å². The van der Waals surface area contributed by atoms with Gasteiger partial charge in [-0.25, -0.2) is 4.39 Å². The van der Waals surface area contributed by atoms with Crippen LogP contribution < -0.4 is 5.32 Å². The molecule has 0 aliphatic carbocycles. The summed E-state index contributed by atoms with van der Waals surface area (Å²) in [5.41, 5.74) is 2.05. The van der Waals surface area contributed by atoms with Crippen molar-refractivity contribution in [2.45, 2.75) is 32.7 Å². The molecule has 0 fully saturated rings. The fourth-order valence-corrected chi connectivity index (χ4v) is 2.34. The molecule has 0 saturated carbocycles. The first-order chi connectivity index (χ1) is 9.60. The zero-order chi connectivity index (χ0) is 14.5. The highest BCUT2D eigenvalue weighted by atomic mass is 35.5. The molecule has 108 valence electrons. The topological polar surface area (TPSA) is 25.2 Å². The average Bonchev–Trinajstić information content (AvgIpc) is 2.85. The van der Waals surface area contributed by atoms with Crippen molar-refractivity contribution in [2.24, 2.45) is 0 Å². The lowest BCUT2D eigenvalue weighted by atomic mass is 9.99. The summed E-state index contributed by atoms with van der Waals surface area (Å²) < 4.78 is 18.9. The molecule has 2 aromatic rings. The van der Waals surface area contributed by atoms with Crippen molar-refractivity contribution in [3.05, 3.63) is 58.3 Å². The number of hydrogen-bond acceptors (Lipinski definition) is 2. The van der Waals surface area contributed by atoms with Gasteiger partial charge in [0.1, 0.15) is 11.6 Å². The van der Waals surface area contributed by atoms with E-state index in [0.29, 0.717) is 11.6 Å². The maximum absolute atomic E-state index is 13.4. The summed E-state index contributed by atoms with van der Waals surface area (Å²) in [6, 6.07) is 8.47. The highest BCUT2D eigenvalue weighted by Gasteiger charge is 2.16. The van der Waals surface area contributed by atoms with Crippen LogP contribution in [-0.2, 0) is 6.42 Å². The fourth-order valence-electron chi connectivity index (χ4n) is 2.19. The van der Waals surface area contributed by atoms with Gasteiger partial charge >= 0.3 is 0 Å². The predicted octanol–water partition coefficient (Wildman–Crippen LogP) is 4.66. The smallest absolute Gasteiger partial charge is 0.193 e. The second-order valence-electron chi connectivity index (χ2n) is 4.92. The normalized spacial score (nSPS) is 12.6. The lowest BCUT2D eigenvalue weighted by molar-refractivity contribution is 0.410. The van der Waals surface area contributed by atoms with Gasteiger partial charge in [-0.05, 0) is 73.3 Å². The first kappa shape index (κ1) is 15.1. The molecule has 1 heterocycles. The Morgan fingerprint density at radius 3 is 2.75 bits per heavy atom. The SMILES string of the molecule is CCCNC(Cc1cc(F)ccc1C)c1ccc(Cl)o1. The Hall–Kier alpha value is -1.32. The van der Waals surface area contributed by atoms with E-state index < -0.39 is 0 Å². The zero-order valence-electron chi connectivity index (χ0n) is 11.7. The van der Waals surface area contributed by atoms with Crippen LogP contribution in [0, 0.1) is 12.7 Å². The van der Waals surface area contributed by atoms with Crippen molar-refractivity contribution in [1.29, 1.82) is 0 Å². The Morgan fingerprint density at radius 2 is 2.10 bits per heavy atom. The summed E-state index contributed by atoms with van der Waals surface area (Å²) in [6.45, 7) is 4.96. The van der Waals surface area contributed by atoms with Gasteiger partial charge in [-0.1, -0.05) is 13.0 Å². The van der Waals surface area contributed by atoms with E-state index in [1.807, 2.05) is 13.0 Å². The molecule has 0 aliphatic rings. The van der Waals surface area contributed by atoms with E-state index in [1.165, 1.54) is 6.07 Å². The predicted molar refractivity (Wildman–Crippen MR) is 79.6 cm³/mol. The Morgan fingerprint density at radius 1 is 1.30 bits per heavy atom. The molecule has 0 spiro atoms. The molecule has 1 aromatic heterocycles. The van der Waals surface area contributed by atoms with Crippen molar-refractivity contribution >= 4 is 11.6 Å². The fraction of sp³-hybridized carbons (Fsp3) is 0.375. The van der Waals surface area contributed by atoms with E-state index in [9.17, 15) is 4.39 Å². The number of rotatable bonds is 6. The van der Waals surface area contributed by atoms with Crippen molar-refractivity contribution in [3.8, 4) is 0 Å². The quantitative estimate of drug-likeness (QED) is 0.838. The maximum atomic E-state index is 13.4. The summed E-state index contributed by atoms with van der Waals surface area (Å²) in [6.07, 6.45) is 1.69. The second kappa shape index (κ2) is 6.91. The summed E-state index contributed by atoms with van der Waals surface area (Å²) in [7, 11) is 0. The largest absolute Gasteiger partial charge is 0.448 e. The van der Waals surface area contributed by atoms with Crippen molar-refractivity contribution in [1.82, 2.24) is 5.32 Å². The third kappa shape index (κ3) is 3.84. The molecular formula is C16H19ClFNO. The van der Waals surface area contributed by atoms with Gasteiger partial charge in [-0.2, -0.15) is 0 Å². The van der Waals surface area contributed by atoms with Gasteiger partial charge in [0.2, 0.25) is 0 Å². The Kier molecular flexibility index (Phi) is 5.21. The molecule has 1 atom stereocenters. The number of furan rings is 1. The first-order valence-corrected chi connectivity index (χ1v) is 7.21. The van der Waals surface area contributed by atoms with Gasteiger partial charge in [0.25, 0.3) is 0 Å². The van der Waals surface area contributed by atoms with Gasteiger partial charge in [-0.3, -0.25) is 0 Å². The van der Waals surface area contributed by atoms with Gasteiger partial charge in [0.15, 0.2) is 5.22 Å². The number of benzene rings is 1. The Labute approximate surface area is 123 Å². The maximum Gasteiger partial charge on any atom is 0.193 e. The molecule has 1 unspecified atom stereocenters. The molecular weight excluding hydrogens is 277 g/mol. The van der Waals surface area contributed by atoms with Gasteiger partial charge in [-0.15, -0.1) is 0 Å². The van der Waals surface area contributed by atoms with Gasteiger partial charge < -0.3 is 9.73 Å². The van der Waals surface area contributed by atoms with Crippen LogP contribution in [0.25, 0.3) is 0 Å². The first-order valence-electron chi connectivity index (χ1n) is 6.83. The highest BCUT2D eigenvalue weighted by molar-refractivity contribution is 6.28. The van der Waals surface area contributed by atoms with E-state index in [-0.39, 0.29) is 11.9 Å². The van der Waals surface area contributed by atoms with E-state index in [1.54, 1.807) is 18.2 Å². The van der Waals surface area contributed by atoms with Crippen molar-refractivity contribution in [3.63, 3.8) is 0 Å². The average molecular weight is 296 g/mol. The van der Waals surface area contributed by atoms with Crippen LogP contribution in [0.15, 0.2) is 34.7 Å². The van der Waals surface area contributed by atoms with E-state index in [0.717, 1.165) is 29.9 Å². The molecule has 0 amide bonds. The third-order valence-electron chi connectivity index (χ3n) is 3.31. The van der Waals surface area contributed by atoms with Crippen LogP contribution in [0.2, 0.25) is 5.22 Å². The van der Waals surface area contributed by atoms with Crippen LogP contribution in [-0.4, -0.2) is 6.54 Å². The van der Waals surface area contributed by atoms with Crippen molar-refractivity contribution < 1.29 is 8.81 Å². The summed E-state index contributed by atoms with van der Waals surface area (Å²) in [5, 5.41) is 3.79. The molecule has 0 aliphatic heterocycles. The van der Waals surface area contributed by atoms with Crippen LogP contribution in [0.4, 0.5) is 4.39 Å². The standard InChI is InChI=1S/C16H19ClFNO/c1-3-8-19-14(15-6-7-16(17)20-15)10-12-9-13(18)5-4-11(12)2/h4-7,9,14,19H,3,8,10H2,1-2H3. The van der Waals surface area contributed by atoms with Crippen LogP contribution in [0.1, 0.15) is 36.3 Å². The number of hydrogen-bond donors (Lipinski definition) is 1. The Balaban J connectivity index is 2.21. The van der Waals surface area contributed by atoms with E-state index in [4.69, 9.17) is 16.0 Å². The molecule has 4 heteroatoms. The van der Waals surface area contributed by atoms with E-state index in [2.05, 4.69) is 12.2 Å². The molecule has 20 heavy (non-hydrogen) atoms. The highest BCUT2D eigenvalue weighted by Crippen LogP contribution is 2.25. The van der Waals surface area contributed by atoms with Crippen LogP contribution >= 0.6 is 11.6 Å². The third-order valence-corrected chi connectivity index (χ3v) is 3.52. The molecule has 0 radical (unpaired) electrons. The minimum atomic E-state index is -0.211. The summed E-state index contributed by atoms with van der Waals surface area (Å²) in [4.78, 5) is 0. The van der Waals surface area contributed by atoms with Crippen LogP contribution in [0.5, 0.6) is 0 Å². The molecule has 1 aromatic carbocycles. The van der Waals surface area contributed by atoms with Gasteiger partial charge in [0.05, 0.1) is 6.04 Å². The monoisotopic (exact) mass is 295 g/mol. The number of halogens is 2. The van der Waals surface area contributed by atoms with Gasteiger partial charge in [0, 0.05) is 0 Å².